The lowest BCUT2D eigenvalue weighted by Crippen LogP contribution is -2.33. The molecule has 2 N–H and O–H groups in total. The number of hydrogen-bond acceptors (Lipinski definition) is 3. The van der Waals surface area contributed by atoms with Crippen molar-refractivity contribution in [2.24, 2.45) is 11.7 Å². The summed E-state index contributed by atoms with van der Waals surface area (Å²) < 4.78 is 13.8. The molecule has 2 aliphatic rings. The van der Waals surface area contributed by atoms with E-state index in [-0.39, 0.29) is 29.6 Å². The summed E-state index contributed by atoms with van der Waals surface area (Å²) in [7, 11) is 0. The highest BCUT2D eigenvalue weighted by atomic mass is 32.1. The molecule has 138 valence electrons. The molecule has 1 aliphatic heterocycles. The van der Waals surface area contributed by atoms with E-state index in [1.165, 1.54) is 6.07 Å². The van der Waals surface area contributed by atoms with E-state index in [4.69, 9.17) is 5.73 Å². The van der Waals surface area contributed by atoms with E-state index in [1.807, 2.05) is 41.3 Å². The molecule has 1 heterocycles. The van der Waals surface area contributed by atoms with Crippen molar-refractivity contribution in [3.05, 3.63) is 59.9 Å². The van der Waals surface area contributed by atoms with Gasteiger partial charge in [-0.1, -0.05) is 36.4 Å². The first-order chi connectivity index (χ1) is 12.6. The zero-order valence-corrected chi connectivity index (χ0v) is 15.8. The summed E-state index contributed by atoms with van der Waals surface area (Å²) in [5.74, 6) is 0.163. The number of nitrogens with two attached hydrogens (primary N) is 1. The van der Waals surface area contributed by atoms with Crippen LogP contribution in [0.25, 0.3) is 11.1 Å². The van der Waals surface area contributed by atoms with Gasteiger partial charge >= 0.3 is 0 Å². The number of rotatable bonds is 3. The van der Waals surface area contributed by atoms with Crippen molar-refractivity contribution in [2.45, 2.75) is 24.8 Å². The second kappa shape index (κ2) is 8.23. The van der Waals surface area contributed by atoms with Gasteiger partial charge in [0.25, 0.3) is 0 Å². The number of hydrogen-bond donors (Lipinski definition) is 2. The van der Waals surface area contributed by atoms with Crippen LogP contribution in [0.15, 0.2) is 48.5 Å². The van der Waals surface area contributed by atoms with E-state index in [2.05, 4.69) is 12.6 Å². The summed E-state index contributed by atoms with van der Waals surface area (Å²) in [5.41, 5.74) is 8.88. The first-order valence-corrected chi connectivity index (χ1v) is 9.87. The third-order valence-electron chi connectivity index (χ3n) is 5.14. The lowest BCUT2D eigenvalue weighted by molar-refractivity contribution is -0.131. The van der Waals surface area contributed by atoms with Crippen LogP contribution in [0.3, 0.4) is 0 Å². The first kappa shape index (κ1) is 18.9. The molecule has 3 atom stereocenters. The molecular weight excluding hydrogens is 347 g/mol. The number of nitrogens with zero attached hydrogens (tertiary/aromatic N) is 1. The molecule has 0 radical (unpaired) electrons. The summed E-state index contributed by atoms with van der Waals surface area (Å²) >= 11 is 3.53. The van der Waals surface area contributed by atoms with Crippen molar-refractivity contribution < 1.29 is 9.18 Å². The molecule has 5 heteroatoms. The van der Waals surface area contributed by atoms with Gasteiger partial charge in [-0.2, -0.15) is 12.6 Å². The number of carbonyl (C=O) groups is 1. The number of benzene rings is 2. The Kier molecular flexibility index (Phi) is 5.99. The van der Waals surface area contributed by atoms with Crippen LogP contribution in [0, 0.1) is 11.7 Å². The lowest BCUT2D eigenvalue weighted by Gasteiger charge is -2.16. The Morgan fingerprint density at radius 2 is 1.92 bits per heavy atom. The average molecular weight is 373 g/mol. The lowest BCUT2D eigenvalue weighted by atomic mass is 9.95. The van der Waals surface area contributed by atoms with Gasteiger partial charge < -0.3 is 10.6 Å². The van der Waals surface area contributed by atoms with E-state index >= 15 is 0 Å². The predicted octanol–water partition coefficient (Wildman–Crippen LogP) is 3.70. The topological polar surface area (TPSA) is 46.3 Å². The van der Waals surface area contributed by atoms with Crippen molar-refractivity contribution in [2.75, 3.05) is 19.3 Å². The fraction of sp³-hybridized carbons (Fsp3) is 0.381. The van der Waals surface area contributed by atoms with E-state index in [0.717, 1.165) is 36.1 Å². The van der Waals surface area contributed by atoms with Crippen LogP contribution in [0.4, 0.5) is 4.39 Å². The molecule has 1 saturated carbocycles. The minimum Gasteiger partial charge on any atom is -0.341 e. The molecular formula is C21H25FN2OS. The van der Waals surface area contributed by atoms with Gasteiger partial charge in [-0.25, -0.2) is 4.39 Å². The summed E-state index contributed by atoms with van der Waals surface area (Å²) in [6.07, 6.45) is 3.42. The largest absolute Gasteiger partial charge is 0.341 e. The second-order valence-electron chi connectivity index (χ2n) is 6.88. The highest BCUT2D eigenvalue weighted by Gasteiger charge is 2.47. The normalized spacial score (nSPS) is 24.0. The Hall–Kier alpha value is -1.85. The number of likely N-dealkylation sites (tertiary alicyclic amines) is 1. The van der Waals surface area contributed by atoms with E-state index in [9.17, 15) is 9.18 Å². The molecule has 0 bridgehead atoms. The van der Waals surface area contributed by atoms with Gasteiger partial charge in [0.05, 0.1) is 0 Å². The van der Waals surface area contributed by atoms with Gasteiger partial charge in [-0.15, -0.1) is 0 Å². The Balaban J connectivity index is 0.000000948. The Labute approximate surface area is 159 Å². The van der Waals surface area contributed by atoms with Gasteiger partial charge in [-0.05, 0) is 53.8 Å². The SMILES string of the molecule is CS.NC1CCN(C(=O)C2CC2c2ccc(F)cc2-c2ccccc2)C1. The number of thiol groups is 1. The standard InChI is InChI=1S/C20H21FN2O.CH4S/c21-14-6-7-16(17(10-14)13-4-2-1-3-5-13)18-11-19(18)20(24)23-9-8-15(22)12-23;1-2/h1-7,10,15,18-19H,8-9,11-12,22H2;2H,1H3. The van der Waals surface area contributed by atoms with Crippen LogP contribution in [0.1, 0.15) is 24.3 Å². The Bertz CT molecular complexity index is 768. The Morgan fingerprint density at radius 3 is 2.58 bits per heavy atom. The summed E-state index contributed by atoms with van der Waals surface area (Å²) in [4.78, 5) is 14.5. The minimum absolute atomic E-state index is 0.0169. The fourth-order valence-corrected chi connectivity index (χ4v) is 3.75. The maximum atomic E-state index is 13.8. The predicted molar refractivity (Wildman–Crippen MR) is 107 cm³/mol. The molecule has 0 spiro atoms. The maximum Gasteiger partial charge on any atom is 0.226 e. The summed E-state index contributed by atoms with van der Waals surface area (Å²) in [5, 5.41) is 0. The van der Waals surface area contributed by atoms with Crippen LogP contribution >= 0.6 is 12.6 Å². The van der Waals surface area contributed by atoms with Gasteiger partial charge in [-0.3, -0.25) is 4.79 Å². The molecule has 1 amide bonds. The monoisotopic (exact) mass is 372 g/mol. The van der Waals surface area contributed by atoms with Crippen molar-refractivity contribution >= 4 is 18.5 Å². The molecule has 3 unspecified atom stereocenters. The molecule has 1 saturated heterocycles. The fourth-order valence-electron chi connectivity index (χ4n) is 3.75. The Morgan fingerprint density at radius 1 is 1.19 bits per heavy atom. The molecule has 1 aliphatic carbocycles. The highest BCUT2D eigenvalue weighted by molar-refractivity contribution is 7.79. The van der Waals surface area contributed by atoms with Crippen molar-refractivity contribution in [1.29, 1.82) is 0 Å². The maximum absolute atomic E-state index is 13.8. The van der Waals surface area contributed by atoms with Crippen LogP contribution in [-0.2, 0) is 4.79 Å². The highest BCUT2D eigenvalue weighted by Crippen LogP contribution is 2.51. The minimum atomic E-state index is -0.244. The van der Waals surface area contributed by atoms with Crippen molar-refractivity contribution in [3.63, 3.8) is 0 Å². The van der Waals surface area contributed by atoms with E-state index in [1.54, 1.807) is 12.3 Å². The molecule has 4 rings (SSSR count). The quantitative estimate of drug-likeness (QED) is 0.807. The third kappa shape index (κ3) is 3.94. The van der Waals surface area contributed by atoms with Crippen molar-refractivity contribution in [3.8, 4) is 11.1 Å². The smallest absolute Gasteiger partial charge is 0.226 e. The molecule has 2 aromatic carbocycles. The van der Waals surface area contributed by atoms with Gasteiger partial charge in [0.15, 0.2) is 0 Å². The van der Waals surface area contributed by atoms with Crippen LogP contribution in [-0.4, -0.2) is 36.2 Å². The molecule has 2 fully saturated rings. The number of carbonyl (C=O) groups excluding carboxylic acids is 1. The average Bonchev–Trinajstić information content (AvgIpc) is 3.36. The number of amides is 1. The van der Waals surface area contributed by atoms with E-state index < -0.39 is 0 Å². The molecule has 2 aromatic rings. The van der Waals surface area contributed by atoms with Crippen molar-refractivity contribution in [1.82, 2.24) is 4.90 Å². The van der Waals surface area contributed by atoms with Gasteiger partial charge in [0, 0.05) is 25.0 Å². The first-order valence-electron chi connectivity index (χ1n) is 8.97. The third-order valence-corrected chi connectivity index (χ3v) is 5.14. The molecule has 26 heavy (non-hydrogen) atoms. The molecule has 0 aromatic heterocycles. The van der Waals surface area contributed by atoms with Crippen LogP contribution in [0.2, 0.25) is 0 Å². The van der Waals surface area contributed by atoms with Crippen LogP contribution < -0.4 is 5.73 Å². The summed E-state index contributed by atoms with van der Waals surface area (Å²) in [6, 6.07) is 14.8. The van der Waals surface area contributed by atoms with Gasteiger partial charge in [0.1, 0.15) is 5.82 Å². The van der Waals surface area contributed by atoms with E-state index in [0.29, 0.717) is 6.54 Å². The molecule has 3 nitrogen and oxygen atoms in total. The summed E-state index contributed by atoms with van der Waals surface area (Å²) in [6.45, 7) is 1.43. The van der Waals surface area contributed by atoms with Crippen LogP contribution in [0.5, 0.6) is 0 Å². The zero-order chi connectivity index (χ0) is 18.7. The zero-order valence-electron chi connectivity index (χ0n) is 14.9. The second-order valence-corrected chi connectivity index (χ2v) is 6.88. The number of halogens is 1. The van der Waals surface area contributed by atoms with Gasteiger partial charge in [0.2, 0.25) is 5.91 Å².